The molecule has 0 radical (unpaired) electrons. The highest BCUT2D eigenvalue weighted by Gasteiger charge is 2.15. The largest absolute Gasteiger partial charge is 0.293 e. The molecule has 1 aromatic heterocycles. The number of nitrogens with one attached hydrogen (secondary N) is 1. The predicted octanol–water partition coefficient (Wildman–Crippen LogP) is 2.96. The molecule has 0 aliphatic carbocycles. The van der Waals surface area contributed by atoms with Crippen LogP contribution in [-0.4, -0.2) is 16.1 Å². The Morgan fingerprint density at radius 1 is 1.26 bits per heavy atom. The van der Waals surface area contributed by atoms with Crippen molar-refractivity contribution in [1.29, 1.82) is 0 Å². The van der Waals surface area contributed by atoms with Gasteiger partial charge in [-0.3, -0.25) is 10.0 Å². The Bertz CT molecular complexity index is 642. The molecule has 1 aromatic carbocycles. The number of fused-ring (bicyclic) bond motifs is 1. The van der Waals surface area contributed by atoms with Gasteiger partial charge in [0.05, 0.1) is 5.52 Å². The fourth-order valence-electron chi connectivity index (χ4n) is 2.03. The SMILES string of the molecule is Cc1cc(C(=O)NO)nc2ccc(C(C)(C)C)cc12. The van der Waals surface area contributed by atoms with E-state index < -0.39 is 5.91 Å². The van der Waals surface area contributed by atoms with E-state index in [-0.39, 0.29) is 11.1 Å². The van der Waals surface area contributed by atoms with Gasteiger partial charge in [-0.05, 0) is 41.7 Å². The van der Waals surface area contributed by atoms with Crippen LogP contribution in [0.2, 0.25) is 0 Å². The molecule has 0 bridgehead atoms. The van der Waals surface area contributed by atoms with Crippen LogP contribution >= 0.6 is 0 Å². The number of rotatable bonds is 1. The minimum absolute atomic E-state index is 0.0712. The number of carbonyl (C=O) groups is 1. The van der Waals surface area contributed by atoms with Crippen LogP contribution in [0.1, 0.15) is 42.4 Å². The molecule has 1 heterocycles. The van der Waals surface area contributed by atoms with E-state index in [9.17, 15) is 4.79 Å². The molecule has 0 aliphatic heterocycles. The van der Waals surface area contributed by atoms with Crippen molar-refractivity contribution >= 4 is 16.8 Å². The van der Waals surface area contributed by atoms with E-state index in [1.165, 1.54) is 5.56 Å². The summed E-state index contributed by atoms with van der Waals surface area (Å²) in [6.45, 7) is 8.41. The summed E-state index contributed by atoms with van der Waals surface area (Å²) >= 11 is 0. The molecule has 4 nitrogen and oxygen atoms in total. The summed E-state index contributed by atoms with van der Waals surface area (Å²) in [5.41, 5.74) is 4.85. The number of pyridine rings is 1. The van der Waals surface area contributed by atoms with Crippen LogP contribution in [0.25, 0.3) is 10.9 Å². The fraction of sp³-hybridized carbons (Fsp3) is 0.333. The van der Waals surface area contributed by atoms with Crippen molar-refractivity contribution in [2.45, 2.75) is 33.1 Å². The smallest absolute Gasteiger partial charge is 0.288 e. The van der Waals surface area contributed by atoms with Crippen molar-refractivity contribution in [3.05, 3.63) is 41.1 Å². The van der Waals surface area contributed by atoms with Crippen molar-refractivity contribution in [3.63, 3.8) is 0 Å². The highest BCUT2D eigenvalue weighted by molar-refractivity contribution is 5.95. The number of amides is 1. The summed E-state index contributed by atoms with van der Waals surface area (Å²) in [7, 11) is 0. The first-order valence-corrected chi connectivity index (χ1v) is 6.19. The molecule has 0 aliphatic rings. The topological polar surface area (TPSA) is 62.2 Å². The van der Waals surface area contributed by atoms with Crippen molar-refractivity contribution in [2.75, 3.05) is 0 Å². The summed E-state index contributed by atoms with van der Waals surface area (Å²) in [4.78, 5) is 15.7. The Morgan fingerprint density at radius 2 is 1.95 bits per heavy atom. The van der Waals surface area contributed by atoms with Gasteiger partial charge in [0.2, 0.25) is 0 Å². The Kier molecular flexibility index (Phi) is 3.28. The van der Waals surface area contributed by atoms with Gasteiger partial charge in [0.15, 0.2) is 0 Å². The minimum atomic E-state index is -0.593. The van der Waals surface area contributed by atoms with Crippen molar-refractivity contribution in [1.82, 2.24) is 10.5 Å². The van der Waals surface area contributed by atoms with Crippen molar-refractivity contribution in [2.24, 2.45) is 0 Å². The highest BCUT2D eigenvalue weighted by Crippen LogP contribution is 2.27. The summed E-state index contributed by atoms with van der Waals surface area (Å²) in [6.07, 6.45) is 0. The van der Waals surface area contributed by atoms with Crippen LogP contribution in [-0.2, 0) is 5.41 Å². The van der Waals surface area contributed by atoms with Gasteiger partial charge < -0.3 is 0 Å². The lowest BCUT2D eigenvalue weighted by Gasteiger charge is -2.19. The quantitative estimate of drug-likeness (QED) is 0.610. The van der Waals surface area contributed by atoms with Gasteiger partial charge >= 0.3 is 0 Å². The second-order valence-electron chi connectivity index (χ2n) is 5.75. The van der Waals surface area contributed by atoms with Crippen LogP contribution in [0.5, 0.6) is 0 Å². The first kappa shape index (κ1) is 13.5. The normalized spacial score (nSPS) is 11.6. The molecule has 100 valence electrons. The van der Waals surface area contributed by atoms with Crippen LogP contribution in [0.4, 0.5) is 0 Å². The second-order valence-corrected chi connectivity index (χ2v) is 5.75. The van der Waals surface area contributed by atoms with Crippen LogP contribution in [0.3, 0.4) is 0 Å². The number of carbonyl (C=O) groups excluding carboxylic acids is 1. The van der Waals surface area contributed by atoms with Gasteiger partial charge in [0.1, 0.15) is 5.69 Å². The lowest BCUT2D eigenvalue weighted by Crippen LogP contribution is -2.20. The second kappa shape index (κ2) is 4.63. The maximum Gasteiger partial charge on any atom is 0.293 e. The van der Waals surface area contributed by atoms with E-state index in [4.69, 9.17) is 5.21 Å². The number of nitrogens with zero attached hydrogens (tertiary/aromatic N) is 1. The molecule has 2 aromatic rings. The highest BCUT2D eigenvalue weighted by atomic mass is 16.5. The minimum Gasteiger partial charge on any atom is -0.288 e. The Balaban J connectivity index is 2.63. The number of hydrogen-bond acceptors (Lipinski definition) is 3. The summed E-state index contributed by atoms with van der Waals surface area (Å²) < 4.78 is 0. The molecule has 0 fully saturated rings. The van der Waals surface area contributed by atoms with Gasteiger partial charge in [-0.2, -0.15) is 0 Å². The average molecular weight is 258 g/mol. The number of aromatic nitrogens is 1. The summed E-state index contributed by atoms with van der Waals surface area (Å²) in [6, 6.07) is 7.73. The third-order valence-electron chi connectivity index (χ3n) is 3.22. The zero-order valence-electron chi connectivity index (χ0n) is 11.6. The molecular formula is C15H18N2O2. The third kappa shape index (κ3) is 2.58. The van der Waals surface area contributed by atoms with E-state index in [0.717, 1.165) is 16.5 Å². The Hall–Kier alpha value is -1.94. The van der Waals surface area contributed by atoms with Gasteiger partial charge in [0, 0.05) is 5.39 Å². The van der Waals surface area contributed by atoms with E-state index in [1.54, 1.807) is 11.5 Å². The molecule has 2 N–H and O–H groups in total. The third-order valence-corrected chi connectivity index (χ3v) is 3.22. The average Bonchev–Trinajstić information content (AvgIpc) is 2.36. The number of hydrogen-bond donors (Lipinski definition) is 2. The van der Waals surface area contributed by atoms with Crippen LogP contribution in [0, 0.1) is 6.92 Å². The first-order valence-electron chi connectivity index (χ1n) is 6.19. The molecular weight excluding hydrogens is 240 g/mol. The van der Waals surface area contributed by atoms with Crippen LogP contribution in [0.15, 0.2) is 24.3 Å². The maximum absolute atomic E-state index is 11.4. The molecule has 0 saturated carbocycles. The molecule has 0 unspecified atom stereocenters. The molecule has 0 saturated heterocycles. The zero-order valence-corrected chi connectivity index (χ0v) is 11.6. The van der Waals surface area contributed by atoms with E-state index >= 15 is 0 Å². The lowest BCUT2D eigenvalue weighted by molar-refractivity contribution is 0.0701. The maximum atomic E-state index is 11.4. The van der Waals surface area contributed by atoms with Crippen LogP contribution < -0.4 is 5.48 Å². The number of aryl methyl sites for hydroxylation is 1. The standard InChI is InChI=1S/C15H18N2O2/c1-9-7-13(14(18)17-19)16-12-6-5-10(8-11(9)12)15(2,3)4/h5-8,19H,1-4H3,(H,17,18). The Labute approximate surface area is 112 Å². The fourth-order valence-corrected chi connectivity index (χ4v) is 2.03. The molecule has 19 heavy (non-hydrogen) atoms. The molecule has 0 atom stereocenters. The van der Waals surface area contributed by atoms with Crippen molar-refractivity contribution in [3.8, 4) is 0 Å². The molecule has 1 amide bonds. The predicted molar refractivity (Wildman–Crippen MR) is 74.4 cm³/mol. The van der Waals surface area contributed by atoms with E-state index in [1.807, 2.05) is 19.1 Å². The summed E-state index contributed by atoms with van der Waals surface area (Å²) in [5, 5.41) is 9.69. The Morgan fingerprint density at radius 3 is 2.53 bits per heavy atom. The van der Waals surface area contributed by atoms with Crippen molar-refractivity contribution < 1.29 is 10.0 Å². The summed E-state index contributed by atoms with van der Waals surface area (Å²) in [5.74, 6) is -0.593. The zero-order chi connectivity index (χ0) is 14.2. The van der Waals surface area contributed by atoms with Gasteiger partial charge in [-0.1, -0.05) is 26.8 Å². The van der Waals surface area contributed by atoms with Gasteiger partial charge in [0.25, 0.3) is 5.91 Å². The number of hydroxylamine groups is 1. The van der Waals surface area contributed by atoms with Gasteiger partial charge in [-0.25, -0.2) is 10.5 Å². The lowest BCUT2D eigenvalue weighted by atomic mass is 9.86. The van der Waals surface area contributed by atoms with Gasteiger partial charge in [-0.15, -0.1) is 0 Å². The first-order chi connectivity index (χ1) is 8.82. The molecule has 2 rings (SSSR count). The molecule has 0 spiro atoms. The molecule has 4 heteroatoms. The monoisotopic (exact) mass is 258 g/mol. The number of benzene rings is 1. The van der Waals surface area contributed by atoms with E-state index in [0.29, 0.717) is 0 Å². The van der Waals surface area contributed by atoms with E-state index in [2.05, 4.69) is 31.8 Å².